The first-order chi connectivity index (χ1) is 5.52. The molecule has 0 aliphatic rings. The highest BCUT2D eigenvalue weighted by Gasteiger charge is 2.20. The van der Waals surface area contributed by atoms with Gasteiger partial charge in [-0.15, -0.1) is 6.58 Å². The molecule has 0 fully saturated rings. The molecule has 0 aliphatic carbocycles. The number of amides is 1. The van der Waals surface area contributed by atoms with E-state index in [0.717, 1.165) is 0 Å². The van der Waals surface area contributed by atoms with Crippen LogP contribution in [0.4, 0.5) is 0 Å². The van der Waals surface area contributed by atoms with E-state index in [0.29, 0.717) is 13.0 Å². The summed E-state index contributed by atoms with van der Waals surface area (Å²) in [6.07, 6.45) is 2.02. The van der Waals surface area contributed by atoms with Crippen LogP contribution < -0.4 is 5.32 Å². The van der Waals surface area contributed by atoms with Crippen LogP contribution in [-0.4, -0.2) is 25.2 Å². The SMILES string of the molecule is C=CCNC(=O)CC(C)(C)OC. The Hall–Kier alpha value is -0.830. The first kappa shape index (κ1) is 11.2. The molecule has 1 N–H and O–H groups in total. The average molecular weight is 171 g/mol. The van der Waals surface area contributed by atoms with E-state index in [1.165, 1.54) is 0 Å². The van der Waals surface area contributed by atoms with Gasteiger partial charge in [0.25, 0.3) is 0 Å². The van der Waals surface area contributed by atoms with Gasteiger partial charge in [0.15, 0.2) is 0 Å². The van der Waals surface area contributed by atoms with Crippen molar-refractivity contribution in [2.45, 2.75) is 25.9 Å². The van der Waals surface area contributed by atoms with Crippen molar-refractivity contribution in [2.75, 3.05) is 13.7 Å². The number of nitrogens with one attached hydrogen (secondary N) is 1. The second-order valence-corrected chi connectivity index (χ2v) is 3.23. The number of hydrogen-bond acceptors (Lipinski definition) is 2. The summed E-state index contributed by atoms with van der Waals surface area (Å²) >= 11 is 0. The van der Waals surface area contributed by atoms with E-state index >= 15 is 0 Å². The minimum Gasteiger partial charge on any atom is -0.378 e. The molecular formula is C9H17NO2. The molecule has 0 saturated heterocycles. The summed E-state index contributed by atoms with van der Waals surface area (Å²) in [7, 11) is 1.60. The van der Waals surface area contributed by atoms with Gasteiger partial charge in [0.2, 0.25) is 5.91 Å². The highest BCUT2D eigenvalue weighted by molar-refractivity contribution is 5.77. The van der Waals surface area contributed by atoms with Gasteiger partial charge in [0.05, 0.1) is 12.0 Å². The van der Waals surface area contributed by atoms with Crippen molar-refractivity contribution in [3.63, 3.8) is 0 Å². The quantitative estimate of drug-likeness (QED) is 0.629. The Labute approximate surface area is 73.8 Å². The zero-order valence-corrected chi connectivity index (χ0v) is 8.02. The molecule has 70 valence electrons. The maximum atomic E-state index is 11.1. The molecule has 0 aromatic heterocycles. The first-order valence-corrected chi connectivity index (χ1v) is 3.94. The summed E-state index contributed by atoms with van der Waals surface area (Å²) in [5.74, 6) is -0.0123. The molecule has 0 aromatic carbocycles. The fourth-order valence-electron chi connectivity index (χ4n) is 0.707. The molecular weight excluding hydrogens is 154 g/mol. The summed E-state index contributed by atoms with van der Waals surface area (Å²) in [6, 6.07) is 0. The van der Waals surface area contributed by atoms with Crippen LogP contribution in [0.1, 0.15) is 20.3 Å². The molecule has 0 spiro atoms. The summed E-state index contributed by atoms with van der Waals surface area (Å²) in [4.78, 5) is 11.1. The molecule has 3 heteroatoms. The van der Waals surface area contributed by atoms with E-state index in [2.05, 4.69) is 11.9 Å². The lowest BCUT2D eigenvalue weighted by molar-refractivity contribution is -0.125. The van der Waals surface area contributed by atoms with Crippen LogP contribution in [-0.2, 0) is 9.53 Å². The molecule has 0 aliphatic heterocycles. The van der Waals surface area contributed by atoms with Gasteiger partial charge in [-0.2, -0.15) is 0 Å². The topological polar surface area (TPSA) is 38.3 Å². The van der Waals surface area contributed by atoms with Crippen LogP contribution in [0.2, 0.25) is 0 Å². The van der Waals surface area contributed by atoms with Gasteiger partial charge < -0.3 is 10.1 Å². The van der Waals surface area contributed by atoms with Crippen molar-refractivity contribution in [3.8, 4) is 0 Å². The summed E-state index contributed by atoms with van der Waals surface area (Å²) in [5.41, 5.74) is -0.384. The summed E-state index contributed by atoms with van der Waals surface area (Å²) in [5, 5.41) is 2.69. The van der Waals surface area contributed by atoms with Gasteiger partial charge in [-0.05, 0) is 13.8 Å². The molecule has 0 atom stereocenters. The van der Waals surface area contributed by atoms with Gasteiger partial charge in [-0.25, -0.2) is 0 Å². The van der Waals surface area contributed by atoms with Crippen LogP contribution in [0.5, 0.6) is 0 Å². The average Bonchev–Trinajstić information content (AvgIpc) is 2.00. The highest BCUT2D eigenvalue weighted by atomic mass is 16.5. The number of rotatable bonds is 5. The van der Waals surface area contributed by atoms with Crippen molar-refractivity contribution in [1.29, 1.82) is 0 Å². The van der Waals surface area contributed by atoms with Gasteiger partial charge in [0.1, 0.15) is 0 Å². The second-order valence-electron chi connectivity index (χ2n) is 3.23. The van der Waals surface area contributed by atoms with Crippen molar-refractivity contribution < 1.29 is 9.53 Å². The molecule has 12 heavy (non-hydrogen) atoms. The predicted octanol–water partition coefficient (Wildman–Crippen LogP) is 1.10. The number of carbonyl (C=O) groups is 1. The van der Waals surface area contributed by atoms with Crippen molar-refractivity contribution in [3.05, 3.63) is 12.7 Å². The third-order valence-corrected chi connectivity index (χ3v) is 1.58. The Balaban J connectivity index is 3.75. The van der Waals surface area contributed by atoms with Gasteiger partial charge >= 0.3 is 0 Å². The van der Waals surface area contributed by atoms with E-state index in [1.807, 2.05) is 13.8 Å². The van der Waals surface area contributed by atoms with Gasteiger partial charge in [-0.3, -0.25) is 4.79 Å². The van der Waals surface area contributed by atoms with Crippen molar-refractivity contribution in [2.24, 2.45) is 0 Å². The third-order valence-electron chi connectivity index (χ3n) is 1.58. The summed E-state index contributed by atoms with van der Waals surface area (Å²) in [6.45, 7) is 7.77. The standard InChI is InChI=1S/C9H17NO2/c1-5-6-10-8(11)7-9(2,3)12-4/h5H,1,6-7H2,2-4H3,(H,10,11). The molecule has 0 rings (SSSR count). The van der Waals surface area contributed by atoms with Crippen LogP contribution in [0.3, 0.4) is 0 Å². The van der Waals surface area contributed by atoms with Gasteiger partial charge in [0, 0.05) is 13.7 Å². The van der Waals surface area contributed by atoms with E-state index in [-0.39, 0.29) is 11.5 Å². The molecule has 0 aromatic rings. The molecule has 0 heterocycles. The van der Waals surface area contributed by atoms with Crippen LogP contribution in [0.25, 0.3) is 0 Å². The van der Waals surface area contributed by atoms with Gasteiger partial charge in [-0.1, -0.05) is 6.08 Å². The van der Waals surface area contributed by atoms with E-state index < -0.39 is 0 Å². The minimum absolute atomic E-state index is 0.0123. The smallest absolute Gasteiger partial charge is 0.223 e. The fraction of sp³-hybridized carbons (Fsp3) is 0.667. The van der Waals surface area contributed by atoms with Crippen LogP contribution in [0.15, 0.2) is 12.7 Å². The van der Waals surface area contributed by atoms with Crippen molar-refractivity contribution >= 4 is 5.91 Å². The largest absolute Gasteiger partial charge is 0.378 e. The van der Waals surface area contributed by atoms with E-state index in [1.54, 1.807) is 13.2 Å². The molecule has 0 radical (unpaired) electrons. The Kier molecular flexibility index (Phi) is 4.59. The van der Waals surface area contributed by atoms with Crippen LogP contribution in [0, 0.1) is 0 Å². The Bertz CT molecular complexity index is 164. The normalized spacial score (nSPS) is 10.9. The number of hydrogen-bond donors (Lipinski definition) is 1. The Morgan fingerprint density at radius 1 is 1.67 bits per heavy atom. The summed E-state index contributed by atoms with van der Waals surface area (Å²) < 4.78 is 5.10. The Morgan fingerprint density at radius 3 is 2.67 bits per heavy atom. The lowest BCUT2D eigenvalue weighted by Crippen LogP contribution is -2.33. The predicted molar refractivity (Wildman–Crippen MR) is 48.9 cm³/mol. The van der Waals surface area contributed by atoms with E-state index in [9.17, 15) is 4.79 Å². The van der Waals surface area contributed by atoms with Crippen LogP contribution >= 0.6 is 0 Å². The van der Waals surface area contributed by atoms with Crippen molar-refractivity contribution in [1.82, 2.24) is 5.32 Å². The number of methoxy groups -OCH3 is 1. The number of ether oxygens (including phenoxy) is 1. The zero-order chi connectivity index (χ0) is 9.61. The first-order valence-electron chi connectivity index (χ1n) is 3.94. The fourth-order valence-corrected chi connectivity index (χ4v) is 0.707. The highest BCUT2D eigenvalue weighted by Crippen LogP contribution is 2.11. The monoisotopic (exact) mass is 171 g/mol. The second kappa shape index (κ2) is 4.93. The lowest BCUT2D eigenvalue weighted by Gasteiger charge is -2.21. The van der Waals surface area contributed by atoms with E-state index in [4.69, 9.17) is 4.74 Å². The maximum Gasteiger partial charge on any atom is 0.223 e. The minimum atomic E-state index is -0.384. The Morgan fingerprint density at radius 2 is 2.25 bits per heavy atom. The molecule has 0 bridgehead atoms. The maximum absolute atomic E-state index is 11.1. The molecule has 0 unspecified atom stereocenters. The lowest BCUT2D eigenvalue weighted by atomic mass is 10.1. The third kappa shape index (κ3) is 4.91. The molecule has 0 saturated carbocycles. The zero-order valence-electron chi connectivity index (χ0n) is 8.02. The number of carbonyl (C=O) groups excluding carboxylic acids is 1. The molecule has 3 nitrogen and oxygen atoms in total. The molecule has 1 amide bonds.